The maximum absolute atomic E-state index is 10.8. The van der Waals surface area contributed by atoms with Crippen molar-refractivity contribution >= 4 is 11.9 Å². The second kappa shape index (κ2) is 6.47. The summed E-state index contributed by atoms with van der Waals surface area (Å²) in [7, 11) is 0. The van der Waals surface area contributed by atoms with E-state index < -0.39 is 24.3 Å². The summed E-state index contributed by atoms with van der Waals surface area (Å²) in [6, 6.07) is 0. The largest absolute Gasteiger partial charge is 0.393 e. The molecule has 0 saturated carbocycles. The molecule has 0 bridgehead atoms. The van der Waals surface area contributed by atoms with Gasteiger partial charge in [0.25, 0.3) is 0 Å². The zero-order valence-corrected chi connectivity index (χ0v) is 7.84. The van der Waals surface area contributed by atoms with Crippen LogP contribution in [0.2, 0.25) is 0 Å². The molecule has 0 spiro atoms. The van der Waals surface area contributed by atoms with E-state index in [9.17, 15) is 9.59 Å². The minimum Gasteiger partial charge on any atom is -0.393 e. The van der Waals surface area contributed by atoms with Crippen LogP contribution >= 0.6 is 0 Å². The van der Waals surface area contributed by atoms with E-state index >= 15 is 0 Å². The van der Waals surface area contributed by atoms with E-state index in [-0.39, 0.29) is 19.3 Å². The fourth-order valence-electron chi connectivity index (χ4n) is 0.708. The van der Waals surface area contributed by atoms with Gasteiger partial charge in [-0.2, -0.15) is 0 Å². The molecule has 0 rings (SSSR count). The van der Waals surface area contributed by atoms with Gasteiger partial charge in [0.15, 0.2) is 6.29 Å². The lowest BCUT2D eigenvalue weighted by Crippen LogP contribution is -2.18. The highest BCUT2D eigenvalue weighted by Gasteiger charge is 2.13. The first-order valence-electron chi connectivity index (χ1n) is 4.19. The third-order valence-electron chi connectivity index (χ3n) is 1.30. The zero-order valence-electron chi connectivity index (χ0n) is 7.84. The average molecular weight is 206 g/mol. The van der Waals surface area contributed by atoms with Crippen LogP contribution in [0.1, 0.15) is 26.2 Å². The SMILES string of the molecule is CC(O)CC(=O)OC(=O)CCC(O)O. The summed E-state index contributed by atoms with van der Waals surface area (Å²) in [5.74, 6) is -1.65. The van der Waals surface area contributed by atoms with E-state index in [4.69, 9.17) is 15.3 Å². The topological polar surface area (TPSA) is 104 Å². The zero-order chi connectivity index (χ0) is 11.1. The van der Waals surface area contributed by atoms with Crippen LogP contribution in [0.3, 0.4) is 0 Å². The number of hydrogen-bond acceptors (Lipinski definition) is 6. The Kier molecular flexibility index (Phi) is 6.02. The summed E-state index contributed by atoms with van der Waals surface area (Å²) < 4.78 is 4.25. The second-order valence-electron chi connectivity index (χ2n) is 2.92. The molecule has 3 N–H and O–H groups in total. The van der Waals surface area contributed by atoms with Crippen molar-refractivity contribution in [1.29, 1.82) is 0 Å². The molecule has 0 fully saturated rings. The van der Waals surface area contributed by atoms with Crippen molar-refractivity contribution in [3.8, 4) is 0 Å². The molecule has 1 unspecified atom stereocenters. The maximum atomic E-state index is 10.8. The van der Waals surface area contributed by atoms with Crippen molar-refractivity contribution in [3.63, 3.8) is 0 Å². The van der Waals surface area contributed by atoms with Gasteiger partial charge < -0.3 is 20.1 Å². The number of esters is 2. The minimum absolute atomic E-state index is 0.180. The predicted molar refractivity (Wildman–Crippen MR) is 44.9 cm³/mol. The number of aliphatic hydroxyl groups excluding tert-OH is 2. The van der Waals surface area contributed by atoms with E-state index in [1.807, 2.05) is 0 Å². The fourth-order valence-corrected chi connectivity index (χ4v) is 0.708. The Morgan fingerprint density at radius 1 is 1.21 bits per heavy atom. The van der Waals surface area contributed by atoms with Gasteiger partial charge in [-0.25, -0.2) is 0 Å². The van der Waals surface area contributed by atoms with Crippen LogP contribution in [0.5, 0.6) is 0 Å². The molecule has 0 aliphatic heterocycles. The lowest BCUT2D eigenvalue weighted by Gasteiger charge is -2.05. The summed E-state index contributed by atoms with van der Waals surface area (Å²) in [5.41, 5.74) is 0. The normalized spacial score (nSPS) is 12.6. The first-order valence-corrected chi connectivity index (χ1v) is 4.19. The van der Waals surface area contributed by atoms with Crippen LogP contribution in [0.4, 0.5) is 0 Å². The summed E-state index contributed by atoms with van der Waals surface area (Å²) in [4.78, 5) is 21.6. The molecule has 1 atom stereocenters. The third kappa shape index (κ3) is 7.66. The van der Waals surface area contributed by atoms with E-state index in [2.05, 4.69) is 4.74 Å². The summed E-state index contributed by atoms with van der Waals surface area (Å²) in [6.07, 6.45) is -3.13. The molecule has 0 aromatic rings. The Morgan fingerprint density at radius 3 is 2.21 bits per heavy atom. The Hall–Kier alpha value is -0.980. The molecule has 0 heterocycles. The monoisotopic (exact) mass is 206 g/mol. The molecule has 0 aliphatic carbocycles. The van der Waals surface area contributed by atoms with Crippen molar-refractivity contribution in [3.05, 3.63) is 0 Å². The second-order valence-corrected chi connectivity index (χ2v) is 2.92. The van der Waals surface area contributed by atoms with Gasteiger partial charge in [-0.15, -0.1) is 0 Å². The highest BCUT2D eigenvalue weighted by atomic mass is 16.6. The van der Waals surface area contributed by atoms with Crippen molar-refractivity contribution in [2.75, 3.05) is 0 Å². The van der Waals surface area contributed by atoms with E-state index in [1.54, 1.807) is 0 Å². The van der Waals surface area contributed by atoms with E-state index in [1.165, 1.54) is 6.92 Å². The molecule has 0 amide bonds. The first kappa shape index (κ1) is 13.0. The molecule has 6 heteroatoms. The van der Waals surface area contributed by atoms with Gasteiger partial charge in [0, 0.05) is 6.42 Å². The molecule has 0 saturated heterocycles. The lowest BCUT2D eigenvalue weighted by atomic mass is 10.3. The van der Waals surface area contributed by atoms with Crippen molar-refractivity contribution in [2.24, 2.45) is 0 Å². The van der Waals surface area contributed by atoms with Crippen LogP contribution in [-0.2, 0) is 14.3 Å². The summed E-state index contributed by atoms with van der Waals surface area (Å²) >= 11 is 0. The van der Waals surface area contributed by atoms with Crippen LogP contribution in [0.25, 0.3) is 0 Å². The van der Waals surface area contributed by atoms with Gasteiger partial charge in [0.2, 0.25) is 0 Å². The van der Waals surface area contributed by atoms with E-state index in [0.717, 1.165) is 0 Å². The first-order chi connectivity index (χ1) is 6.41. The number of carbonyl (C=O) groups is 2. The quantitative estimate of drug-likeness (QED) is 0.300. The number of hydrogen-bond donors (Lipinski definition) is 3. The van der Waals surface area contributed by atoms with Crippen LogP contribution in [0, 0.1) is 0 Å². The summed E-state index contributed by atoms with van der Waals surface area (Å²) in [6.45, 7) is 1.39. The van der Waals surface area contributed by atoms with Crippen LogP contribution in [0.15, 0.2) is 0 Å². The number of carbonyl (C=O) groups excluding carboxylic acids is 2. The molecular weight excluding hydrogens is 192 g/mol. The minimum atomic E-state index is -1.59. The molecule has 0 aliphatic rings. The van der Waals surface area contributed by atoms with Gasteiger partial charge in [-0.3, -0.25) is 9.59 Å². The molecule has 82 valence electrons. The summed E-state index contributed by atoms with van der Waals surface area (Å²) in [5, 5.41) is 25.6. The van der Waals surface area contributed by atoms with Crippen molar-refractivity contribution < 1.29 is 29.6 Å². The smallest absolute Gasteiger partial charge is 0.316 e. The molecule has 0 aromatic heterocycles. The van der Waals surface area contributed by atoms with E-state index in [0.29, 0.717) is 0 Å². The number of rotatable bonds is 5. The average Bonchev–Trinajstić information content (AvgIpc) is 1.98. The van der Waals surface area contributed by atoms with Gasteiger partial charge in [-0.1, -0.05) is 0 Å². The van der Waals surface area contributed by atoms with Crippen LogP contribution in [-0.4, -0.2) is 39.7 Å². The molecule has 0 aromatic carbocycles. The van der Waals surface area contributed by atoms with Crippen molar-refractivity contribution in [2.45, 2.75) is 38.6 Å². The Balaban J connectivity index is 3.66. The van der Waals surface area contributed by atoms with Gasteiger partial charge in [0.05, 0.1) is 18.9 Å². The Bertz CT molecular complexity index is 198. The number of ether oxygens (including phenoxy) is 1. The molecule has 14 heavy (non-hydrogen) atoms. The third-order valence-corrected chi connectivity index (χ3v) is 1.30. The fraction of sp³-hybridized carbons (Fsp3) is 0.750. The Labute approximate surface area is 81.1 Å². The molecular formula is C8H14O6. The lowest BCUT2D eigenvalue weighted by molar-refractivity contribution is -0.162. The van der Waals surface area contributed by atoms with Gasteiger partial charge in [0.1, 0.15) is 0 Å². The van der Waals surface area contributed by atoms with Gasteiger partial charge >= 0.3 is 11.9 Å². The number of aliphatic hydroxyl groups is 3. The highest BCUT2D eigenvalue weighted by molar-refractivity contribution is 5.85. The highest BCUT2D eigenvalue weighted by Crippen LogP contribution is 1.99. The van der Waals surface area contributed by atoms with Crippen molar-refractivity contribution in [1.82, 2.24) is 0 Å². The standard InChI is InChI=1S/C8H14O6/c1-5(9)4-8(13)14-7(12)3-2-6(10)11/h5-6,9-11H,2-4H2,1H3. The molecule has 6 nitrogen and oxygen atoms in total. The van der Waals surface area contributed by atoms with Gasteiger partial charge in [-0.05, 0) is 6.92 Å². The maximum Gasteiger partial charge on any atom is 0.316 e. The predicted octanol–water partition coefficient (Wildman–Crippen LogP) is -1.08. The Morgan fingerprint density at radius 2 is 1.79 bits per heavy atom. The van der Waals surface area contributed by atoms with Crippen LogP contribution < -0.4 is 0 Å². The molecule has 0 radical (unpaired) electrons.